The Kier molecular flexibility index (Phi) is 5.47. The Bertz CT molecular complexity index is 1020. The molecule has 140 valence electrons. The van der Waals surface area contributed by atoms with Gasteiger partial charge in [0.15, 0.2) is 5.78 Å². The third-order valence-corrected chi connectivity index (χ3v) is 5.63. The molecule has 1 N–H and O–H groups in total. The van der Waals surface area contributed by atoms with E-state index in [9.17, 15) is 22.8 Å². The molecule has 2 aromatic rings. The van der Waals surface area contributed by atoms with Gasteiger partial charge in [-0.2, -0.15) is 0 Å². The van der Waals surface area contributed by atoms with Gasteiger partial charge in [0, 0.05) is 52.2 Å². The number of aryl methyl sites for hydroxylation is 1. The minimum atomic E-state index is -3.73. The van der Waals surface area contributed by atoms with Crippen LogP contribution in [0.25, 0.3) is 0 Å². The van der Waals surface area contributed by atoms with Crippen LogP contribution in [0.2, 0.25) is 0 Å². The number of carbonyl (C=O) groups excluding carboxylic acids is 2. The van der Waals surface area contributed by atoms with E-state index in [1.165, 1.54) is 44.0 Å². The molecule has 0 bridgehead atoms. The molecule has 26 heavy (non-hydrogen) atoms. The van der Waals surface area contributed by atoms with E-state index in [-0.39, 0.29) is 22.9 Å². The Morgan fingerprint density at radius 1 is 1.19 bits per heavy atom. The van der Waals surface area contributed by atoms with Gasteiger partial charge in [0.25, 0.3) is 11.5 Å². The summed E-state index contributed by atoms with van der Waals surface area (Å²) in [7, 11) is 2.12. The summed E-state index contributed by atoms with van der Waals surface area (Å²) < 4.78 is 27.9. The number of hydrogen-bond donors (Lipinski definition) is 1. The van der Waals surface area contributed by atoms with Crippen LogP contribution in [0.5, 0.6) is 0 Å². The van der Waals surface area contributed by atoms with Gasteiger partial charge < -0.3 is 14.5 Å². The number of carbonyl (C=O) groups is 2. The van der Waals surface area contributed by atoms with E-state index in [0.717, 1.165) is 21.1 Å². The van der Waals surface area contributed by atoms with Gasteiger partial charge in [0.05, 0.1) is 11.4 Å². The lowest BCUT2D eigenvalue weighted by Gasteiger charge is -2.12. The van der Waals surface area contributed by atoms with Crippen molar-refractivity contribution in [3.63, 3.8) is 0 Å². The molecule has 0 aliphatic rings. The SMILES string of the molecule is CNC(=O)c1cc(C(=O)Cn2cc(S(=O)(=O)N(C)C)ccc2=O)cn1C. The van der Waals surface area contributed by atoms with Crippen LogP contribution in [0.4, 0.5) is 0 Å². The van der Waals surface area contributed by atoms with E-state index >= 15 is 0 Å². The Hall–Kier alpha value is -2.72. The molecule has 0 atom stereocenters. The summed E-state index contributed by atoms with van der Waals surface area (Å²) in [5.74, 6) is -0.764. The highest BCUT2D eigenvalue weighted by molar-refractivity contribution is 7.89. The second-order valence-electron chi connectivity index (χ2n) is 5.85. The standard InChI is InChI=1S/C16H20N4O5S/c1-17-16(23)13-7-11(8-19(13)4)14(21)10-20-9-12(5-6-15(20)22)26(24,25)18(2)3/h5-9H,10H2,1-4H3,(H,17,23). The Labute approximate surface area is 150 Å². The maximum Gasteiger partial charge on any atom is 0.267 e. The van der Waals surface area contributed by atoms with Crippen molar-refractivity contribution in [3.8, 4) is 0 Å². The fraction of sp³-hybridized carbons (Fsp3) is 0.312. The van der Waals surface area contributed by atoms with Gasteiger partial charge in [0.1, 0.15) is 5.69 Å². The lowest BCUT2D eigenvalue weighted by molar-refractivity contribution is 0.0953. The zero-order valence-corrected chi connectivity index (χ0v) is 15.7. The minimum Gasteiger partial charge on any atom is -0.354 e. The largest absolute Gasteiger partial charge is 0.354 e. The van der Waals surface area contributed by atoms with Crippen molar-refractivity contribution in [3.05, 3.63) is 52.2 Å². The van der Waals surface area contributed by atoms with Crippen molar-refractivity contribution in [1.29, 1.82) is 0 Å². The summed E-state index contributed by atoms with van der Waals surface area (Å²) in [4.78, 5) is 36.1. The number of nitrogens with one attached hydrogen (secondary N) is 1. The van der Waals surface area contributed by atoms with Crippen molar-refractivity contribution in [2.75, 3.05) is 21.1 Å². The van der Waals surface area contributed by atoms with Gasteiger partial charge in [-0.15, -0.1) is 0 Å². The van der Waals surface area contributed by atoms with Crippen LogP contribution in [0, 0.1) is 0 Å². The molecule has 10 heteroatoms. The topological polar surface area (TPSA) is 110 Å². The fourth-order valence-corrected chi connectivity index (χ4v) is 3.24. The number of nitrogens with zero attached hydrogens (tertiary/aromatic N) is 3. The smallest absolute Gasteiger partial charge is 0.267 e. The van der Waals surface area contributed by atoms with Gasteiger partial charge >= 0.3 is 0 Å². The number of rotatable bonds is 6. The second-order valence-corrected chi connectivity index (χ2v) is 8.00. The van der Waals surface area contributed by atoms with E-state index in [0.29, 0.717) is 5.69 Å². The monoisotopic (exact) mass is 380 g/mol. The Balaban J connectivity index is 2.36. The van der Waals surface area contributed by atoms with Crippen LogP contribution in [-0.2, 0) is 23.6 Å². The number of Topliss-reactive ketones (excluding diaryl/α,β-unsaturated/α-hetero) is 1. The zero-order chi connectivity index (χ0) is 19.6. The first-order chi connectivity index (χ1) is 12.1. The number of sulfonamides is 1. The first-order valence-corrected chi connectivity index (χ1v) is 9.06. The predicted molar refractivity (Wildman–Crippen MR) is 94.7 cm³/mol. The molecule has 0 radical (unpaired) electrons. The van der Waals surface area contributed by atoms with Crippen molar-refractivity contribution in [1.82, 2.24) is 18.8 Å². The van der Waals surface area contributed by atoms with Crippen LogP contribution >= 0.6 is 0 Å². The van der Waals surface area contributed by atoms with Gasteiger partial charge in [0.2, 0.25) is 10.0 Å². The average Bonchev–Trinajstić information content (AvgIpc) is 2.97. The van der Waals surface area contributed by atoms with Crippen molar-refractivity contribution >= 4 is 21.7 Å². The van der Waals surface area contributed by atoms with Gasteiger partial charge in [-0.05, 0) is 12.1 Å². The first-order valence-electron chi connectivity index (χ1n) is 7.62. The maximum absolute atomic E-state index is 12.5. The van der Waals surface area contributed by atoms with Crippen LogP contribution in [0.1, 0.15) is 20.8 Å². The molecule has 0 saturated heterocycles. The van der Waals surface area contributed by atoms with E-state index in [1.807, 2.05) is 0 Å². The third-order valence-electron chi connectivity index (χ3n) is 3.84. The summed E-state index contributed by atoms with van der Waals surface area (Å²) >= 11 is 0. The van der Waals surface area contributed by atoms with Crippen molar-refractivity contribution in [2.45, 2.75) is 11.4 Å². The van der Waals surface area contributed by atoms with Crippen LogP contribution in [0.3, 0.4) is 0 Å². The molecular weight excluding hydrogens is 360 g/mol. The second kappa shape index (κ2) is 7.26. The van der Waals surface area contributed by atoms with Gasteiger partial charge in [-0.25, -0.2) is 12.7 Å². The molecule has 2 rings (SSSR count). The van der Waals surface area contributed by atoms with Gasteiger partial charge in [-0.3, -0.25) is 14.4 Å². The number of pyridine rings is 1. The summed E-state index contributed by atoms with van der Waals surface area (Å²) in [5.41, 5.74) is 0.0458. The molecule has 0 aliphatic carbocycles. The molecule has 2 heterocycles. The average molecular weight is 380 g/mol. The molecule has 9 nitrogen and oxygen atoms in total. The van der Waals surface area contributed by atoms with Crippen molar-refractivity contribution < 1.29 is 18.0 Å². The Morgan fingerprint density at radius 2 is 1.85 bits per heavy atom. The first kappa shape index (κ1) is 19.6. The molecule has 0 fully saturated rings. The maximum atomic E-state index is 12.5. The predicted octanol–water partition coefficient (Wildman–Crippen LogP) is -0.320. The fourth-order valence-electron chi connectivity index (χ4n) is 2.31. The normalized spacial score (nSPS) is 11.6. The van der Waals surface area contributed by atoms with Gasteiger partial charge in [-0.1, -0.05) is 0 Å². The summed E-state index contributed by atoms with van der Waals surface area (Å²) in [6, 6.07) is 3.72. The quantitative estimate of drug-likeness (QED) is 0.691. The molecule has 0 aliphatic heterocycles. The molecule has 0 spiro atoms. The van der Waals surface area contributed by atoms with Crippen molar-refractivity contribution in [2.24, 2.45) is 7.05 Å². The zero-order valence-electron chi connectivity index (χ0n) is 14.9. The molecule has 2 aromatic heterocycles. The molecule has 0 aromatic carbocycles. The van der Waals surface area contributed by atoms with E-state index in [4.69, 9.17) is 0 Å². The molecular formula is C16H20N4O5S. The summed E-state index contributed by atoms with van der Waals surface area (Å²) in [5, 5.41) is 2.47. The molecule has 0 saturated carbocycles. The number of ketones is 1. The lowest BCUT2D eigenvalue weighted by Crippen LogP contribution is -2.27. The number of aromatic nitrogens is 2. The third kappa shape index (κ3) is 3.75. The number of amides is 1. The van der Waals surface area contributed by atoms with E-state index in [1.54, 1.807) is 7.05 Å². The van der Waals surface area contributed by atoms with Crippen LogP contribution < -0.4 is 10.9 Å². The van der Waals surface area contributed by atoms with E-state index < -0.39 is 21.4 Å². The minimum absolute atomic E-state index is 0.0889. The van der Waals surface area contributed by atoms with E-state index in [2.05, 4.69) is 5.32 Å². The molecule has 0 unspecified atom stereocenters. The van der Waals surface area contributed by atoms with Crippen LogP contribution in [0.15, 0.2) is 40.3 Å². The highest BCUT2D eigenvalue weighted by atomic mass is 32.2. The molecule has 1 amide bonds. The summed E-state index contributed by atoms with van der Waals surface area (Å²) in [6.45, 7) is -0.340. The number of hydrogen-bond acceptors (Lipinski definition) is 5. The highest BCUT2D eigenvalue weighted by Gasteiger charge is 2.20. The highest BCUT2D eigenvalue weighted by Crippen LogP contribution is 2.12. The van der Waals surface area contributed by atoms with Crippen LogP contribution in [-0.4, -0.2) is 54.7 Å². The Morgan fingerprint density at radius 3 is 2.42 bits per heavy atom. The summed E-state index contributed by atoms with van der Waals surface area (Å²) in [6.07, 6.45) is 2.62. The lowest BCUT2D eigenvalue weighted by atomic mass is 10.2.